The second kappa shape index (κ2) is 5.76. The summed E-state index contributed by atoms with van der Waals surface area (Å²) in [6.07, 6.45) is 3.27. The van der Waals surface area contributed by atoms with Gasteiger partial charge in [0.25, 0.3) is 0 Å². The molecule has 98 valence electrons. The van der Waals surface area contributed by atoms with Crippen LogP contribution in [0.3, 0.4) is 0 Å². The average Bonchev–Trinajstić information content (AvgIpc) is 2.40. The predicted octanol–water partition coefficient (Wildman–Crippen LogP) is 2.78. The van der Waals surface area contributed by atoms with Crippen LogP contribution in [0.4, 0.5) is 5.69 Å². The Labute approximate surface area is 116 Å². The molecule has 1 fully saturated rings. The number of methoxy groups -OCH3 is 1. The fraction of sp³-hybridized carbons (Fsp3) is 0.500. The Bertz CT molecular complexity index is 454. The molecule has 0 radical (unpaired) electrons. The van der Waals surface area contributed by atoms with Gasteiger partial charge in [-0.2, -0.15) is 0 Å². The molecule has 1 saturated heterocycles. The number of pyridine rings is 1. The molecule has 1 aliphatic rings. The first-order valence-electron chi connectivity index (χ1n) is 5.75. The summed E-state index contributed by atoms with van der Waals surface area (Å²) in [5.74, 6) is -0.287. The van der Waals surface area contributed by atoms with E-state index in [1.54, 1.807) is 6.07 Å². The Morgan fingerprint density at radius 3 is 3.06 bits per heavy atom. The smallest absolute Gasteiger partial charge is 0.310 e. The zero-order chi connectivity index (χ0) is 13.1. The molecule has 1 atom stereocenters. The third-order valence-corrected chi connectivity index (χ3v) is 3.58. The zero-order valence-corrected chi connectivity index (χ0v) is 11.5. The van der Waals surface area contributed by atoms with Gasteiger partial charge in [-0.15, -0.1) is 0 Å². The van der Waals surface area contributed by atoms with E-state index in [9.17, 15) is 4.79 Å². The lowest BCUT2D eigenvalue weighted by molar-refractivity contribution is -0.145. The number of piperidine rings is 1. The molecule has 0 aromatic carbocycles. The van der Waals surface area contributed by atoms with Crippen LogP contribution in [0.15, 0.2) is 12.3 Å². The number of hydrogen-bond donors (Lipinski definition) is 0. The molecule has 2 heterocycles. The van der Waals surface area contributed by atoms with Gasteiger partial charge in [0.1, 0.15) is 0 Å². The van der Waals surface area contributed by atoms with Gasteiger partial charge in [-0.1, -0.05) is 23.2 Å². The molecule has 1 unspecified atom stereocenters. The summed E-state index contributed by atoms with van der Waals surface area (Å²) in [6, 6.07) is 1.77. The van der Waals surface area contributed by atoms with E-state index < -0.39 is 0 Å². The molecular formula is C12H14Cl2N2O2. The molecule has 0 N–H and O–H groups in total. The van der Waals surface area contributed by atoms with Crippen molar-refractivity contribution >= 4 is 34.9 Å². The number of anilines is 1. The van der Waals surface area contributed by atoms with E-state index in [-0.39, 0.29) is 11.9 Å². The van der Waals surface area contributed by atoms with Crippen molar-refractivity contribution < 1.29 is 9.53 Å². The Morgan fingerprint density at radius 1 is 1.56 bits per heavy atom. The van der Waals surface area contributed by atoms with Crippen LogP contribution in [-0.4, -0.2) is 31.2 Å². The van der Waals surface area contributed by atoms with Gasteiger partial charge in [-0.25, -0.2) is 4.98 Å². The average molecular weight is 289 g/mol. The molecule has 0 bridgehead atoms. The minimum Gasteiger partial charge on any atom is -0.469 e. The molecule has 4 nitrogen and oxygen atoms in total. The summed E-state index contributed by atoms with van der Waals surface area (Å²) in [7, 11) is 1.41. The summed E-state index contributed by atoms with van der Waals surface area (Å²) in [4.78, 5) is 17.6. The molecule has 1 aliphatic heterocycles. The molecule has 1 aromatic heterocycles. The van der Waals surface area contributed by atoms with E-state index in [0.717, 1.165) is 25.1 Å². The summed E-state index contributed by atoms with van der Waals surface area (Å²) >= 11 is 12.0. The van der Waals surface area contributed by atoms with Crippen molar-refractivity contribution in [1.82, 2.24) is 4.98 Å². The third-order valence-electron chi connectivity index (χ3n) is 3.08. The van der Waals surface area contributed by atoms with E-state index in [1.807, 2.05) is 4.90 Å². The molecule has 0 amide bonds. The normalized spacial score (nSPS) is 19.7. The van der Waals surface area contributed by atoms with Crippen molar-refractivity contribution in [1.29, 1.82) is 0 Å². The molecule has 0 saturated carbocycles. The van der Waals surface area contributed by atoms with Gasteiger partial charge in [0.15, 0.2) is 5.15 Å². The van der Waals surface area contributed by atoms with Crippen LogP contribution in [0.2, 0.25) is 10.2 Å². The summed E-state index contributed by atoms with van der Waals surface area (Å²) in [6.45, 7) is 1.43. The highest BCUT2D eigenvalue weighted by molar-refractivity contribution is 6.34. The van der Waals surface area contributed by atoms with Gasteiger partial charge < -0.3 is 9.64 Å². The number of nitrogens with zero attached hydrogens (tertiary/aromatic N) is 2. The lowest BCUT2D eigenvalue weighted by Crippen LogP contribution is -2.39. The van der Waals surface area contributed by atoms with Crippen molar-refractivity contribution in [3.63, 3.8) is 0 Å². The zero-order valence-electron chi connectivity index (χ0n) is 10.0. The van der Waals surface area contributed by atoms with Crippen LogP contribution in [0.25, 0.3) is 0 Å². The van der Waals surface area contributed by atoms with Crippen molar-refractivity contribution in [2.24, 2.45) is 5.92 Å². The van der Waals surface area contributed by atoms with Crippen LogP contribution in [0, 0.1) is 5.92 Å². The maximum Gasteiger partial charge on any atom is 0.310 e. The molecule has 18 heavy (non-hydrogen) atoms. The monoisotopic (exact) mass is 288 g/mol. The quantitative estimate of drug-likeness (QED) is 0.620. The SMILES string of the molecule is COC(=O)C1CCCN(c2cc(Cl)cnc2Cl)C1. The van der Waals surface area contributed by atoms with Crippen LogP contribution in [0.1, 0.15) is 12.8 Å². The number of hydrogen-bond acceptors (Lipinski definition) is 4. The van der Waals surface area contributed by atoms with Crippen molar-refractivity contribution in [2.75, 3.05) is 25.1 Å². The van der Waals surface area contributed by atoms with Crippen molar-refractivity contribution in [3.05, 3.63) is 22.4 Å². The fourth-order valence-corrected chi connectivity index (χ4v) is 2.56. The number of halogens is 2. The highest BCUT2D eigenvalue weighted by Gasteiger charge is 2.27. The van der Waals surface area contributed by atoms with Crippen LogP contribution < -0.4 is 4.90 Å². The maximum atomic E-state index is 11.6. The third kappa shape index (κ3) is 2.87. The van der Waals surface area contributed by atoms with Crippen LogP contribution in [0.5, 0.6) is 0 Å². The van der Waals surface area contributed by atoms with Gasteiger partial charge in [-0.3, -0.25) is 4.79 Å². The van der Waals surface area contributed by atoms with Crippen LogP contribution in [-0.2, 0) is 9.53 Å². The topological polar surface area (TPSA) is 42.4 Å². The number of carbonyl (C=O) groups is 1. The Balaban J connectivity index is 2.18. The number of aromatic nitrogens is 1. The number of esters is 1. The second-order valence-electron chi connectivity index (χ2n) is 4.27. The van der Waals surface area contributed by atoms with E-state index >= 15 is 0 Å². The minimum atomic E-state index is -0.175. The number of carbonyl (C=O) groups excluding carboxylic acids is 1. The second-order valence-corrected chi connectivity index (χ2v) is 5.07. The Hall–Kier alpha value is -1.00. The van der Waals surface area contributed by atoms with Gasteiger partial charge in [0.05, 0.1) is 23.7 Å². The lowest BCUT2D eigenvalue weighted by Gasteiger charge is -2.33. The first kappa shape index (κ1) is 13.4. The largest absolute Gasteiger partial charge is 0.469 e. The Morgan fingerprint density at radius 2 is 2.33 bits per heavy atom. The van der Waals surface area contributed by atoms with Crippen LogP contribution >= 0.6 is 23.2 Å². The standard InChI is InChI=1S/C12H14Cl2N2O2/c1-18-12(17)8-3-2-4-16(7-8)10-5-9(13)6-15-11(10)14/h5-6,8H,2-4,7H2,1H3. The molecule has 1 aromatic rings. The summed E-state index contributed by atoms with van der Waals surface area (Å²) in [5, 5.41) is 0.944. The molecular weight excluding hydrogens is 275 g/mol. The number of ether oxygens (including phenoxy) is 1. The first-order chi connectivity index (χ1) is 8.61. The maximum absolute atomic E-state index is 11.6. The number of rotatable bonds is 2. The van der Waals surface area contributed by atoms with E-state index in [2.05, 4.69) is 4.98 Å². The van der Waals surface area contributed by atoms with Gasteiger partial charge in [-0.05, 0) is 18.9 Å². The van der Waals surface area contributed by atoms with E-state index in [0.29, 0.717) is 16.7 Å². The summed E-state index contributed by atoms with van der Waals surface area (Å²) in [5.41, 5.74) is 0.776. The van der Waals surface area contributed by atoms with Gasteiger partial charge in [0, 0.05) is 19.3 Å². The van der Waals surface area contributed by atoms with Crippen molar-refractivity contribution in [3.8, 4) is 0 Å². The van der Waals surface area contributed by atoms with E-state index in [4.69, 9.17) is 27.9 Å². The molecule has 0 aliphatic carbocycles. The first-order valence-corrected chi connectivity index (χ1v) is 6.51. The Kier molecular flexibility index (Phi) is 4.30. The minimum absolute atomic E-state index is 0.112. The summed E-state index contributed by atoms with van der Waals surface area (Å²) < 4.78 is 4.79. The van der Waals surface area contributed by atoms with Gasteiger partial charge >= 0.3 is 5.97 Å². The van der Waals surface area contributed by atoms with E-state index in [1.165, 1.54) is 13.3 Å². The predicted molar refractivity (Wildman–Crippen MR) is 71.2 cm³/mol. The van der Waals surface area contributed by atoms with Crippen molar-refractivity contribution in [2.45, 2.75) is 12.8 Å². The molecule has 0 spiro atoms. The lowest BCUT2D eigenvalue weighted by atomic mass is 9.98. The van der Waals surface area contributed by atoms with Gasteiger partial charge in [0.2, 0.25) is 0 Å². The highest BCUT2D eigenvalue weighted by atomic mass is 35.5. The molecule has 6 heteroatoms. The fourth-order valence-electron chi connectivity index (χ4n) is 2.19. The highest BCUT2D eigenvalue weighted by Crippen LogP contribution is 2.30. The molecule has 2 rings (SSSR count).